The van der Waals surface area contributed by atoms with Gasteiger partial charge in [-0.3, -0.25) is 14.5 Å². The molecule has 3 aromatic carbocycles. The third-order valence-electron chi connectivity index (χ3n) is 6.49. The third-order valence-corrected chi connectivity index (χ3v) is 6.49. The minimum atomic E-state index is -1.03. The van der Waals surface area contributed by atoms with Gasteiger partial charge >= 0.3 is 0 Å². The quantitative estimate of drug-likeness (QED) is 0.594. The minimum Gasteiger partial charge on any atom is -0.350 e. The van der Waals surface area contributed by atoms with Crippen molar-refractivity contribution in [2.75, 3.05) is 4.90 Å². The molecule has 0 aromatic heterocycles. The molecule has 4 nitrogen and oxygen atoms in total. The average molecular weight is 427 g/mol. The van der Waals surface area contributed by atoms with Gasteiger partial charge in [0.1, 0.15) is 5.54 Å². The fraction of sp³-hybridized carbons (Fsp3) is 0.286. The molecule has 3 aromatic rings. The van der Waals surface area contributed by atoms with Gasteiger partial charge in [0, 0.05) is 24.2 Å². The first-order valence-electron chi connectivity index (χ1n) is 11.2. The zero-order valence-corrected chi connectivity index (χ0v) is 19.2. The van der Waals surface area contributed by atoms with E-state index in [1.807, 2.05) is 86.6 Å². The van der Waals surface area contributed by atoms with Gasteiger partial charge in [0.15, 0.2) is 0 Å². The highest BCUT2D eigenvalue weighted by Crippen LogP contribution is 2.36. The lowest BCUT2D eigenvalue weighted by atomic mass is 9.82. The summed E-state index contributed by atoms with van der Waals surface area (Å²) in [5, 5.41) is 3.10. The van der Waals surface area contributed by atoms with Crippen LogP contribution in [0.4, 0.5) is 5.69 Å². The van der Waals surface area contributed by atoms with Gasteiger partial charge < -0.3 is 5.32 Å². The molecule has 0 fully saturated rings. The molecule has 0 bridgehead atoms. The maximum atomic E-state index is 13.6. The maximum Gasteiger partial charge on any atom is 0.259 e. The number of hydrogen-bond donors (Lipinski definition) is 1. The molecule has 2 amide bonds. The largest absolute Gasteiger partial charge is 0.350 e. The Morgan fingerprint density at radius 1 is 1.00 bits per heavy atom. The van der Waals surface area contributed by atoms with Crippen LogP contribution in [0.25, 0.3) is 0 Å². The summed E-state index contributed by atoms with van der Waals surface area (Å²) < 4.78 is 0. The Hall–Kier alpha value is -3.40. The number of carbonyl (C=O) groups excluding carboxylic acids is 2. The van der Waals surface area contributed by atoms with Crippen molar-refractivity contribution < 1.29 is 9.59 Å². The number of anilines is 1. The highest BCUT2D eigenvalue weighted by Gasteiger charge is 2.47. The van der Waals surface area contributed by atoms with E-state index in [1.54, 1.807) is 4.90 Å². The Morgan fingerprint density at radius 3 is 2.34 bits per heavy atom. The van der Waals surface area contributed by atoms with Crippen LogP contribution < -0.4 is 10.2 Å². The predicted molar refractivity (Wildman–Crippen MR) is 129 cm³/mol. The van der Waals surface area contributed by atoms with E-state index in [-0.39, 0.29) is 11.8 Å². The lowest BCUT2D eigenvalue weighted by molar-refractivity contribution is -0.126. The van der Waals surface area contributed by atoms with Gasteiger partial charge in [-0.05, 0) is 60.2 Å². The molecule has 0 radical (unpaired) electrons. The summed E-state index contributed by atoms with van der Waals surface area (Å²) >= 11 is 0. The number of nitrogens with zero attached hydrogens (tertiary/aromatic N) is 1. The van der Waals surface area contributed by atoms with Crippen LogP contribution in [0.2, 0.25) is 0 Å². The van der Waals surface area contributed by atoms with Crippen LogP contribution in [0, 0.1) is 6.92 Å². The van der Waals surface area contributed by atoms with E-state index < -0.39 is 5.54 Å². The second-order valence-electron chi connectivity index (χ2n) is 9.10. The molecule has 164 valence electrons. The van der Waals surface area contributed by atoms with Crippen molar-refractivity contribution in [2.45, 2.75) is 52.1 Å². The zero-order chi connectivity index (χ0) is 22.9. The summed E-state index contributed by atoms with van der Waals surface area (Å²) in [5.74, 6) is 0.0971. The van der Waals surface area contributed by atoms with Crippen molar-refractivity contribution in [3.05, 3.63) is 101 Å². The smallest absolute Gasteiger partial charge is 0.259 e. The van der Waals surface area contributed by atoms with Gasteiger partial charge in [0.2, 0.25) is 5.91 Å². The number of nitrogens with one attached hydrogen (secondary N) is 1. The number of aryl methyl sites for hydroxylation is 1. The first kappa shape index (κ1) is 21.8. The Morgan fingerprint density at radius 2 is 1.66 bits per heavy atom. The Bertz CT molecular complexity index is 1150. The summed E-state index contributed by atoms with van der Waals surface area (Å²) in [6.45, 7) is 8.61. The van der Waals surface area contributed by atoms with Crippen molar-refractivity contribution in [3.63, 3.8) is 0 Å². The van der Waals surface area contributed by atoms with Crippen LogP contribution in [-0.2, 0) is 17.8 Å². The summed E-state index contributed by atoms with van der Waals surface area (Å²) in [4.78, 5) is 28.9. The summed E-state index contributed by atoms with van der Waals surface area (Å²) in [6, 6.07) is 23.6. The lowest BCUT2D eigenvalue weighted by Crippen LogP contribution is -2.63. The lowest BCUT2D eigenvalue weighted by Gasteiger charge is -2.44. The van der Waals surface area contributed by atoms with Gasteiger partial charge in [-0.25, -0.2) is 0 Å². The van der Waals surface area contributed by atoms with Crippen LogP contribution in [0.1, 0.15) is 59.3 Å². The fourth-order valence-corrected chi connectivity index (χ4v) is 4.44. The molecule has 32 heavy (non-hydrogen) atoms. The Kier molecular flexibility index (Phi) is 5.88. The highest BCUT2D eigenvalue weighted by atomic mass is 16.2. The second-order valence-corrected chi connectivity index (χ2v) is 9.10. The van der Waals surface area contributed by atoms with Crippen LogP contribution in [-0.4, -0.2) is 17.4 Å². The summed E-state index contributed by atoms with van der Waals surface area (Å²) in [5.41, 5.74) is 4.66. The normalized spacial score (nSPS) is 17.9. The minimum absolute atomic E-state index is 0.141. The van der Waals surface area contributed by atoms with Gasteiger partial charge in [-0.15, -0.1) is 0 Å². The van der Waals surface area contributed by atoms with E-state index in [2.05, 4.69) is 19.2 Å². The van der Waals surface area contributed by atoms with E-state index in [0.29, 0.717) is 24.4 Å². The summed E-state index contributed by atoms with van der Waals surface area (Å²) in [6.07, 6.45) is 0.459. The molecule has 1 aliphatic rings. The van der Waals surface area contributed by atoms with Crippen molar-refractivity contribution in [2.24, 2.45) is 0 Å². The fourth-order valence-electron chi connectivity index (χ4n) is 4.44. The molecule has 0 aliphatic carbocycles. The average Bonchev–Trinajstić information content (AvgIpc) is 2.78. The first-order chi connectivity index (χ1) is 15.3. The van der Waals surface area contributed by atoms with Gasteiger partial charge in [0.05, 0.1) is 0 Å². The van der Waals surface area contributed by atoms with Crippen molar-refractivity contribution in [3.8, 4) is 0 Å². The molecular formula is C28H30N2O2. The van der Waals surface area contributed by atoms with Crippen molar-refractivity contribution >= 4 is 17.5 Å². The summed E-state index contributed by atoms with van der Waals surface area (Å²) in [7, 11) is 0. The molecule has 1 atom stereocenters. The van der Waals surface area contributed by atoms with E-state index in [0.717, 1.165) is 22.4 Å². The molecule has 1 N–H and O–H groups in total. The second kappa shape index (κ2) is 8.62. The molecule has 4 heteroatoms. The topological polar surface area (TPSA) is 49.4 Å². The van der Waals surface area contributed by atoms with E-state index in [9.17, 15) is 9.59 Å². The van der Waals surface area contributed by atoms with Crippen LogP contribution in [0.3, 0.4) is 0 Å². The van der Waals surface area contributed by atoms with Gasteiger partial charge in [0.25, 0.3) is 5.91 Å². The molecule has 4 rings (SSSR count). The van der Waals surface area contributed by atoms with Crippen LogP contribution in [0.5, 0.6) is 0 Å². The van der Waals surface area contributed by atoms with Crippen molar-refractivity contribution in [1.82, 2.24) is 5.32 Å². The van der Waals surface area contributed by atoms with Gasteiger partial charge in [-0.1, -0.05) is 68.4 Å². The number of rotatable bonds is 5. The molecular weight excluding hydrogens is 396 g/mol. The molecule has 0 saturated heterocycles. The van der Waals surface area contributed by atoms with E-state index >= 15 is 0 Å². The van der Waals surface area contributed by atoms with E-state index in [1.165, 1.54) is 5.56 Å². The standard InChI is InChI=1S/C28H30N2O2/c1-19(2)21-13-15-24(16-14-21)30-26(31)25-12-8-7-10-22(25)17-28(30,4)27(32)29-18-23-11-6-5-9-20(23)3/h5-16,19H,17-18H2,1-4H3,(H,29,32). The SMILES string of the molecule is Cc1ccccc1CNC(=O)C1(C)Cc2ccccc2C(=O)N1c1ccc(C(C)C)cc1. The number of fused-ring (bicyclic) bond motifs is 1. The molecule has 1 aliphatic heterocycles. The number of benzene rings is 3. The zero-order valence-electron chi connectivity index (χ0n) is 19.2. The number of carbonyl (C=O) groups is 2. The highest BCUT2D eigenvalue weighted by molar-refractivity contribution is 6.14. The van der Waals surface area contributed by atoms with Crippen LogP contribution in [0.15, 0.2) is 72.8 Å². The first-order valence-corrected chi connectivity index (χ1v) is 11.2. The van der Waals surface area contributed by atoms with Crippen molar-refractivity contribution in [1.29, 1.82) is 0 Å². The van der Waals surface area contributed by atoms with Crippen LogP contribution >= 0.6 is 0 Å². The monoisotopic (exact) mass is 426 g/mol. The van der Waals surface area contributed by atoms with E-state index in [4.69, 9.17) is 0 Å². The predicted octanol–water partition coefficient (Wildman–Crippen LogP) is 5.40. The molecule has 0 saturated carbocycles. The Balaban J connectivity index is 1.71. The third kappa shape index (κ3) is 3.93. The Labute approximate surface area is 190 Å². The van der Waals surface area contributed by atoms with Gasteiger partial charge in [-0.2, -0.15) is 0 Å². The molecule has 1 heterocycles. The maximum absolute atomic E-state index is 13.6. The number of hydrogen-bond acceptors (Lipinski definition) is 2. The molecule has 0 spiro atoms. The molecule has 1 unspecified atom stereocenters. The number of amides is 2.